The van der Waals surface area contributed by atoms with Gasteiger partial charge in [0.25, 0.3) is 0 Å². The van der Waals surface area contributed by atoms with E-state index in [0.717, 1.165) is 0 Å². The number of ether oxygens (including phenoxy) is 3. The summed E-state index contributed by atoms with van der Waals surface area (Å²) in [4.78, 5) is 36.7. The van der Waals surface area contributed by atoms with E-state index in [-0.39, 0.29) is 12.5 Å². The van der Waals surface area contributed by atoms with Crippen molar-refractivity contribution in [3.05, 3.63) is 34.9 Å². The molecule has 14 heteroatoms. The van der Waals surface area contributed by atoms with Crippen molar-refractivity contribution < 1.29 is 63.7 Å². The van der Waals surface area contributed by atoms with Crippen LogP contribution in [-0.4, -0.2) is 36.0 Å². The highest BCUT2D eigenvalue weighted by atomic mass is 19.4. The fourth-order valence-corrected chi connectivity index (χ4v) is 5.05. The second-order valence-corrected chi connectivity index (χ2v) is 8.80. The number of rotatable bonds is 5. The third kappa shape index (κ3) is 4.54. The number of hydrogen-bond acceptors (Lipinski definition) is 6. The van der Waals surface area contributed by atoms with Gasteiger partial charge in [0.1, 0.15) is 18.8 Å². The van der Waals surface area contributed by atoms with Crippen molar-refractivity contribution in [1.29, 1.82) is 0 Å². The molecule has 0 N–H and O–H groups in total. The number of esters is 3. The zero-order valence-corrected chi connectivity index (χ0v) is 17.6. The number of carbonyl (C=O) groups is 3. The molecule has 1 saturated heterocycles. The highest BCUT2D eigenvalue weighted by Crippen LogP contribution is 2.59. The Kier molecular flexibility index (Phi) is 5.79. The summed E-state index contributed by atoms with van der Waals surface area (Å²) in [7, 11) is 0. The molecule has 6 unspecified atom stereocenters. The molecule has 0 radical (unpaired) electrons. The van der Waals surface area contributed by atoms with Crippen LogP contribution < -0.4 is 0 Å². The van der Waals surface area contributed by atoms with Crippen molar-refractivity contribution in [2.45, 2.75) is 50.4 Å². The molecular weight excluding hydrogens is 500 g/mol. The minimum Gasteiger partial charge on any atom is -0.461 e. The number of carbonyl (C=O) groups excluding carboxylic acids is 3. The number of alkyl halides is 8. The first-order chi connectivity index (χ1) is 16.0. The zero-order valence-electron chi connectivity index (χ0n) is 17.6. The van der Waals surface area contributed by atoms with Crippen LogP contribution in [0.25, 0.3) is 0 Å². The third-order valence-electron chi connectivity index (χ3n) is 6.45. The Morgan fingerprint density at radius 3 is 2.06 bits per heavy atom. The van der Waals surface area contributed by atoms with Crippen LogP contribution in [0, 0.1) is 23.7 Å². The highest BCUT2D eigenvalue weighted by molar-refractivity contribution is 5.86. The molecule has 3 aliphatic rings. The smallest absolute Gasteiger partial charge is 0.416 e. The third-order valence-corrected chi connectivity index (χ3v) is 6.45. The van der Waals surface area contributed by atoms with Gasteiger partial charge in [-0.05, 0) is 30.2 Å². The molecule has 6 nitrogen and oxygen atoms in total. The predicted octanol–water partition coefficient (Wildman–Crippen LogP) is 4.14. The van der Waals surface area contributed by atoms with Crippen LogP contribution in [0.2, 0.25) is 0 Å². The van der Waals surface area contributed by atoms with Crippen LogP contribution in [0.1, 0.15) is 30.0 Å². The molecule has 2 saturated carbocycles. The Bertz CT molecular complexity index is 1030. The van der Waals surface area contributed by atoms with Crippen LogP contribution in [0.15, 0.2) is 18.2 Å². The molecule has 1 heterocycles. The van der Waals surface area contributed by atoms with Gasteiger partial charge in [0.15, 0.2) is 0 Å². The van der Waals surface area contributed by atoms with Gasteiger partial charge in [0.05, 0.1) is 23.0 Å². The van der Waals surface area contributed by atoms with E-state index < -0.39 is 95.4 Å². The number of benzene rings is 1. The van der Waals surface area contributed by atoms with Gasteiger partial charge in [-0.25, -0.2) is 4.79 Å². The zero-order chi connectivity index (χ0) is 26.1. The van der Waals surface area contributed by atoms with Gasteiger partial charge in [-0.1, -0.05) is 0 Å². The SMILES string of the molecule is CC(F)(F)C(=O)OC1C2CC3C1OC(=O)C3C2C(=O)OCc1cc(C(F)(F)F)cc(C(F)(F)F)c1. The Morgan fingerprint density at radius 1 is 0.971 bits per heavy atom. The van der Waals surface area contributed by atoms with E-state index >= 15 is 0 Å². The van der Waals surface area contributed by atoms with Crippen LogP contribution >= 0.6 is 0 Å². The monoisotopic (exact) mass is 516 g/mol. The van der Waals surface area contributed by atoms with Crippen molar-refractivity contribution in [2.24, 2.45) is 23.7 Å². The van der Waals surface area contributed by atoms with Crippen molar-refractivity contribution >= 4 is 17.9 Å². The molecule has 1 aliphatic heterocycles. The molecule has 0 amide bonds. The molecule has 0 aromatic heterocycles. The summed E-state index contributed by atoms with van der Waals surface area (Å²) in [6, 6.07) is 0.687. The summed E-state index contributed by atoms with van der Waals surface area (Å²) in [5.41, 5.74) is -3.81. The van der Waals surface area contributed by atoms with E-state index in [1.165, 1.54) is 0 Å². The lowest BCUT2D eigenvalue weighted by Crippen LogP contribution is -2.45. The second kappa shape index (κ2) is 8.05. The van der Waals surface area contributed by atoms with E-state index in [2.05, 4.69) is 0 Å². The summed E-state index contributed by atoms with van der Waals surface area (Å²) in [6.07, 6.45) is -12.5. The van der Waals surface area contributed by atoms with Gasteiger partial charge in [-0.3, -0.25) is 9.59 Å². The Balaban J connectivity index is 1.54. The first-order valence-electron chi connectivity index (χ1n) is 10.2. The fourth-order valence-electron chi connectivity index (χ4n) is 5.05. The summed E-state index contributed by atoms with van der Waals surface area (Å²) < 4.78 is 120. The standard InChI is InChI=1S/C21H16F8O6/c1-19(22,23)18(32)35-15-10-5-11-13(17(31)34-14(11)15)12(10)16(30)33-6-7-2-8(20(24,25)26)4-9(3-7)21(27,28)29/h2-4,10-15H,5-6H2,1H3. The van der Waals surface area contributed by atoms with Crippen molar-refractivity contribution in [3.8, 4) is 0 Å². The van der Waals surface area contributed by atoms with Crippen LogP contribution in [0.5, 0.6) is 0 Å². The number of fused-ring (bicyclic) bond motifs is 1. The quantitative estimate of drug-likeness (QED) is 0.333. The largest absolute Gasteiger partial charge is 0.461 e. The minimum atomic E-state index is -5.11. The summed E-state index contributed by atoms with van der Waals surface area (Å²) in [5.74, 6) is -11.7. The van der Waals surface area contributed by atoms with Crippen LogP contribution in [0.4, 0.5) is 35.1 Å². The van der Waals surface area contributed by atoms with Crippen LogP contribution in [-0.2, 0) is 47.6 Å². The maximum atomic E-state index is 13.3. The summed E-state index contributed by atoms with van der Waals surface area (Å²) in [6.45, 7) is -0.690. The molecule has 2 bridgehead atoms. The lowest BCUT2D eigenvalue weighted by atomic mass is 9.78. The molecule has 1 aromatic rings. The Morgan fingerprint density at radius 2 is 1.54 bits per heavy atom. The molecule has 192 valence electrons. The Hall–Kier alpha value is -2.93. The first-order valence-corrected chi connectivity index (χ1v) is 10.2. The summed E-state index contributed by atoms with van der Waals surface area (Å²) in [5, 5.41) is 0. The summed E-state index contributed by atoms with van der Waals surface area (Å²) >= 11 is 0. The molecule has 2 aliphatic carbocycles. The first kappa shape index (κ1) is 25.2. The van der Waals surface area contributed by atoms with Gasteiger partial charge in [-0.2, -0.15) is 35.1 Å². The van der Waals surface area contributed by atoms with E-state index in [0.29, 0.717) is 19.1 Å². The normalized spacial score (nSPS) is 29.8. The average molecular weight is 516 g/mol. The molecule has 0 spiro atoms. The molecule has 6 atom stereocenters. The highest BCUT2D eigenvalue weighted by Gasteiger charge is 2.70. The van der Waals surface area contributed by atoms with Gasteiger partial charge in [-0.15, -0.1) is 0 Å². The van der Waals surface area contributed by atoms with Crippen molar-refractivity contribution in [1.82, 2.24) is 0 Å². The molecular formula is C21H16F8O6. The number of hydrogen-bond donors (Lipinski definition) is 0. The van der Waals surface area contributed by atoms with E-state index in [9.17, 15) is 49.5 Å². The molecule has 4 rings (SSSR count). The average Bonchev–Trinajstić information content (AvgIpc) is 3.33. The number of halogens is 8. The van der Waals surface area contributed by atoms with Crippen molar-refractivity contribution in [3.63, 3.8) is 0 Å². The van der Waals surface area contributed by atoms with E-state index in [1.807, 2.05) is 0 Å². The Labute approximate surface area is 191 Å². The van der Waals surface area contributed by atoms with Crippen LogP contribution in [0.3, 0.4) is 0 Å². The van der Waals surface area contributed by atoms with Gasteiger partial charge in [0, 0.05) is 18.8 Å². The van der Waals surface area contributed by atoms with Gasteiger partial charge < -0.3 is 14.2 Å². The fraction of sp³-hybridized carbons (Fsp3) is 0.571. The maximum absolute atomic E-state index is 13.3. The second-order valence-electron chi connectivity index (χ2n) is 8.80. The molecule has 3 fully saturated rings. The topological polar surface area (TPSA) is 78.9 Å². The van der Waals surface area contributed by atoms with Crippen molar-refractivity contribution in [2.75, 3.05) is 0 Å². The minimum absolute atomic E-state index is 0.0849. The maximum Gasteiger partial charge on any atom is 0.416 e. The molecule has 35 heavy (non-hydrogen) atoms. The predicted molar refractivity (Wildman–Crippen MR) is 95.2 cm³/mol. The lowest BCUT2D eigenvalue weighted by Gasteiger charge is -2.30. The lowest BCUT2D eigenvalue weighted by molar-refractivity contribution is -0.186. The van der Waals surface area contributed by atoms with Gasteiger partial charge in [0.2, 0.25) is 0 Å². The van der Waals surface area contributed by atoms with E-state index in [4.69, 9.17) is 14.2 Å². The van der Waals surface area contributed by atoms with E-state index in [1.54, 1.807) is 0 Å². The van der Waals surface area contributed by atoms with Gasteiger partial charge >= 0.3 is 36.2 Å². The molecule has 1 aromatic carbocycles.